The van der Waals surface area contributed by atoms with Crippen molar-refractivity contribution in [3.05, 3.63) is 11.8 Å². The zero-order valence-corrected chi connectivity index (χ0v) is 5.56. The van der Waals surface area contributed by atoms with Crippen molar-refractivity contribution < 1.29 is 23.0 Å². The van der Waals surface area contributed by atoms with Crippen LogP contribution in [0.1, 0.15) is 6.42 Å². The van der Waals surface area contributed by atoms with Gasteiger partial charge in [-0.15, -0.1) is 0 Å². The minimum atomic E-state index is -4.61. The highest BCUT2D eigenvalue weighted by atomic mass is 19.4. The molecule has 0 spiro atoms. The summed E-state index contributed by atoms with van der Waals surface area (Å²) in [7, 11) is 0. The molecule has 11 heavy (non-hydrogen) atoms. The third kappa shape index (κ3) is 1.86. The predicted molar refractivity (Wildman–Crippen MR) is 30.7 cm³/mol. The molecule has 1 N–H and O–H groups in total. The molecule has 0 fully saturated rings. The predicted octanol–water partition coefficient (Wildman–Crippen LogP) is 1.21. The van der Waals surface area contributed by atoms with Crippen LogP contribution in [0, 0.1) is 0 Å². The largest absolute Gasteiger partial charge is 0.495 e. The van der Waals surface area contributed by atoms with E-state index >= 15 is 0 Å². The first kappa shape index (κ1) is 8.39. The van der Waals surface area contributed by atoms with Crippen molar-refractivity contribution >= 4 is 0 Å². The van der Waals surface area contributed by atoms with Crippen molar-refractivity contribution in [2.75, 3.05) is 6.61 Å². The molecule has 0 unspecified atom stereocenters. The quantitative estimate of drug-likeness (QED) is 0.637. The van der Waals surface area contributed by atoms with Crippen LogP contribution in [-0.2, 0) is 4.74 Å². The van der Waals surface area contributed by atoms with Gasteiger partial charge < -0.3 is 9.84 Å². The number of rotatable bonds is 1. The van der Waals surface area contributed by atoms with E-state index in [1.54, 1.807) is 0 Å². The summed E-state index contributed by atoms with van der Waals surface area (Å²) in [5.41, 5.74) is 0. The molecule has 0 aliphatic carbocycles. The fourth-order valence-corrected chi connectivity index (χ4v) is 0.789. The van der Waals surface area contributed by atoms with Gasteiger partial charge in [-0.3, -0.25) is 0 Å². The van der Waals surface area contributed by atoms with Gasteiger partial charge in [0.05, 0.1) is 6.61 Å². The Morgan fingerprint density at radius 1 is 1.55 bits per heavy atom. The molecular formula is C6H7F3O2. The van der Waals surface area contributed by atoms with Crippen LogP contribution in [-0.4, -0.2) is 24.0 Å². The Labute approximate surface area is 61.3 Å². The van der Waals surface area contributed by atoms with Crippen molar-refractivity contribution in [1.82, 2.24) is 0 Å². The van der Waals surface area contributed by atoms with Crippen molar-refractivity contribution in [2.24, 2.45) is 0 Å². The maximum Gasteiger partial charge on any atom is 0.421 e. The van der Waals surface area contributed by atoms with E-state index in [0.29, 0.717) is 6.42 Å². The first-order valence-corrected chi connectivity index (χ1v) is 3.09. The summed E-state index contributed by atoms with van der Waals surface area (Å²) < 4.78 is 39.7. The Balaban J connectivity index is 2.60. The average molecular weight is 168 g/mol. The lowest BCUT2D eigenvalue weighted by molar-refractivity contribution is -0.200. The molecule has 0 amide bonds. The molecule has 0 aromatic heterocycles. The minimum Gasteiger partial charge on any atom is -0.495 e. The van der Waals surface area contributed by atoms with Gasteiger partial charge in [0.25, 0.3) is 0 Å². The van der Waals surface area contributed by atoms with Gasteiger partial charge >= 0.3 is 6.18 Å². The topological polar surface area (TPSA) is 29.5 Å². The van der Waals surface area contributed by atoms with Gasteiger partial charge in [0.2, 0.25) is 6.10 Å². The SMILES string of the molecule is O[C@H](C1=CCCO1)C(F)(F)F. The van der Waals surface area contributed by atoms with Crippen molar-refractivity contribution in [1.29, 1.82) is 0 Å². The van der Waals surface area contributed by atoms with Crippen LogP contribution in [0.2, 0.25) is 0 Å². The lowest BCUT2D eigenvalue weighted by atomic mass is 10.3. The fraction of sp³-hybridized carbons (Fsp3) is 0.667. The zero-order chi connectivity index (χ0) is 8.48. The molecule has 0 aromatic rings. The Kier molecular flexibility index (Phi) is 2.08. The molecule has 0 saturated heterocycles. The van der Waals surface area contributed by atoms with Crippen molar-refractivity contribution in [3.63, 3.8) is 0 Å². The molecular weight excluding hydrogens is 161 g/mol. The fourth-order valence-electron chi connectivity index (χ4n) is 0.789. The first-order valence-electron chi connectivity index (χ1n) is 3.09. The second-order valence-corrected chi connectivity index (χ2v) is 2.19. The van der Waals surface area contributed by atoms with Crippen molar-refractivity contribution in [3.8, 4) is 0 Å². The van der Waals surface area contributed by atoms with Crippen LogP contribution in [0.25, 0.3) is 0 Å². The molecule has 1 aliphatic rings. The number of halogens is 3. The van der Waals surface area contributed by atoms with E-state index in [4.69, 9.17) is 5.11 Å². The summed E-state index contributed by atoms with van der Waals surface area (Å²) in [6, 6.07) is 0. The highest BCUT2D eigenvalue weighted by molar-refractivity contribution is 5.06. The Morgan fingerprint density at radius 2 is 2.18 bits per heavy atom. The van der Waals surface area contributed by atoms with E-state index in [1.165, 1.54) is 6.08 Å². The van der Waals surface area contributed by atoms with Gasteiger partial charge in [0, 0.05) is 6.42 Å². The molecule has 2 nitrogen and oxygen atoms in total. The third-order valence-corrected chi connectivity index (χ3v) is 1.31. The van der Waals surface area contributed by atoms with Crippen LogP contribution in [0.3, 0.4) is 0 Å². The smallest absolute Gasteiger partial charge is 0.421 e. The van der Waals surface area contributed by atoms with Crippen LogP contribution < -0.4 is 0 Å². The summed E-state index contributed by atoms with van der Waals surface area (Å²) in [5, 5.41) is 8.57. The number of ether oxygens (including phenoxy) is 1. The lowest BCUT2D eigenvalue weighted by Gasteiger charge is -2.14. The lowest BCUT2D eigenvalue weighted by Crippen LogP contribution is -2.30. The molecule has 5 heteroatoms. The average Bonchev–Trinajstić information content (AvgIpc) is 2.34. The second-order valence-electron chi connectivity index (χ2n) is 2.19. The van der Waals surface area contributed by atoms with Gasteiger partial charge in [-0.1, -0.05) is 0 Å². The van der Waals surface area contributed by atoms with Crippen LogP contribution in [0.5, 0.6) is 0 Å². The summed E-state index contributed by atoms with van der Waals surface area (Å²) in [4.78, 5) is 0. The van der Waals surface area contributed by atoms with Gasteiger partial charge in [-0.05, 0) is 6.08 Å². The maximum atomic E-state index is 11.7. The van der Waals surface area contributed by atoms with E-state index in [9.17, 15) is 13.2 Å². The first-order chi connectivity index (χ1) is 5.02. The molecule has 64 valence electrons. The summed E-state index contributed by atoms with van der Waals surface area (Å²) in [6.07, 6.45) is -5.39. The number of hydrogen-bond acceptors (Lipinski definition) is 2. The maximum absolute atomic E-state index is 11.7. The number of hydrogen-bond donors (Lipinski definition) is 1. The van der Waals surface area contributed by atoms with Crippen LogP contribution in [0.4, 0.5) is 13.2 Å². The van der Waals surface area contributed by atoms with Gasteiger partial charge in [0.1, 0.15) is 5.76 Å². The molecule has 1 heterocycles. The Hall–Kier alpha value is -0.710. The molecule has 1 aliphatic heterocycles. The van der Waals surface area contributed by atoms with E-state index in [2.05, 4.69) is 4.74 Å². The van der Waals surface area contributed by atoms with E-state index < -0.39 is 12.3 Å². The Bertz CT molecular complexity index is 173. The van der Waals surface area contributed by atoms with Gasteiger partial charge in [0.15, 0.2) is 0 Å². The number of aliphatic hydroxyl groups is 1. The second kappa shape index (κ2) is 2.73. The van der Waals surface area contributed by atoms with Gasteiger partial charge in [-0.25, -0.2) is 0 Å². The third-order valence-electron chi connectivity index (χ3n) is 1.31. The summed E-state index contributed by atoms with van der Waals surface area (Å²) >= 11 is 0. The van der Waals surface area contributed by atoms with Gasteiger partial charge in [-0.2, -0.15) is 13.2 Å². The molecule has 1 rings (SSSR count). The molecule has 0 radical (unpaired) electrons. The monoisotopic (exact) mass is 168 g/mol. The van der Waals surface area contributed by atoms with E-state index in [0.717, 1.165) is 0 Å². The molecule has 0 bridgehead atoms. The molecule has 0 aromatic carbocycles. The van der Waals surface area contributed by atoms with Crippen LogP contribution in [0.15, 0.2) is 11.8 Å². The van der Waals surface area contributed by atoms with Crippen molar-refractivity contribution in [2.45, 2.75) is 18.7 Å². The standard InChI is InChI=1S/C6H7F3O2/c7-6(8,9)5(10)4-2-1-3-11-4/h2,5,10H,1,3H2/t5-/m1/s1. The molecule has 0 saturated carbocycles. The summed E-state index contributed by atoms with van der Waals surface area (Å²) in [6.45, 7) is 0.225. The zero-order valence-electron chi connectivity index (χ0n) is 5.56. The highest BCUT2D eigenvalue weighted by Gasteiger charge is 2.42. The number of alkyl halides is 3. The highest BCUT2D eigenvalue weighted by Crippen LogP contribution is 2.27. The van der Waals surface area contributed by atoms with E-state index in [1.807, 2.05) is 0 Å². The minimum absolute atomic E-state index is 0.225. The number of aliphatic hydroxyl groups excluding tert-OH is 1. The normalized spacial score (nSPS) is 20.9. The Morgan fingerprint density at radius 3 is 2.55 bits per heavy atom. The van der Waals surface area contributed by atoms with Crippen LogP contribution >= 0.6 is 0 Å². The molecule has 1 atom stereocenters. The van der Waals surface area contributed by atoms with E-state index in [-0.39, 0.29) is 12.4 Å². The summed E-state index contributed by atoms with van der Waals surface area (Å²) in [5.74, 6) is -0.377.